The molecule has 14 heavy (non-hydrogen) atoms. The molecule has 0 spiro atoms. The zero-order valence-corrected chi connectivity index (χ0v) is 8.99. The Morgan fingerprint density at radius 3 is 2.71 bits per heavy atom. The first-order valence-electron chi connectivity index (χ1n) is 5.40. The monoisotopic (exact) mass is 200 g/mol. The summed E-state index contributed by atoms with van der Waals surface area (Å²) in [6, 6.07) is 0. The van der Waals surface area contributed by atoms with Crippen LogP contribution in [0.25, 0.3) is 0 Å². The average molecular weight is 200 g/mol. The largest absolute Gasteiger partial charge is 0.481 e. The van der Waals surface area contributed by atoms with Gasteiger partial charge in [-0.15, -0.1) is 0 Å². The number of rotatable bonds is 3. The smallest absolute Gasteiger partial charge is 0.303 e. The Bertz CT molecular complexity index is 215. The Balaban J connectivity index is 2.56. The fourth-order valence-corrected chi connectivity index (χ4v) is 2.41. The van der Waals surface area contributed by atoms with Crippen LogP contribution < -0.4 is 0 Å². The summed E-state index contributed by atoms with van der Waals surface area (Å²) in [5.41, 5.74) is -0.740. The van der Waals surface area contributed by atoms with Gasteiger partial charge in [-0.2, -0.15) is 0 Å². The highest BCUT2D eigenvalue weighted by molar-refractivity contribution is 5.66. The molecular formula is C11H20O3. The van der Waals surface area contributed by atoms with Crippen LogP contribution in [0.4, 0.5) is 0 Å². The highest BCUT2D eigenvalue weighted by Crippen LogP contribution is 2.40. The molecule has 0 amide bonds. The number of aliphatic carboxylic acids is 1. The van der Waals surface area contributed by atoms with Crippen molar-refractivity contribution in [3.8, 4) is 0 Å². The van der Waals surface area contributed by atoms with Crippen molar-refractivity contribution in [1.82, 2.24) is 0 Å². The molecule has 0 aromatic heterocycles. The molecule has 2 N–H and O–H groups in total. The molecule has 1 saturated carbocycles. The predicted octanol–water partition coefficient (Wildman–Crippen LogP) is 2.04. The second-order valence-electron chi connectivity index (χ2n) is 4.66. The lowest BCUT2D eigenvalue weighted by molar-refractivity contribution is -0.140. The minimum absolute atomic E-state index is 0.0769. The molecule has 0 radical (unpaired) electrons. The SMILES string of the molecule is CC1CCCC(O)(CCC(=O)O)C1C. The van der Waals surface area contributed by atoms with Gasteiger partial charge < -0.3 is 10.2 Å². The van der Waals surface area contributed by atoms with Gasteiger partial charge in [0.1, 0.15) is 0 Å². The third-order valence-corrected chi connectivity index (χ3v) is 3.74. The van der Waals surface area contributed by atoms with Crippen molar-refractivity contribution in [3.63, 3.8) is 0 Å². The Morgan fingerprint density at radius 2 is 2.14 bits per heavy atom. The zero-order valence-electron chi connectivity index (χ0n) is 8.99. The molecule has 3 nitrogen and oxygen atoms in total. The molecule has 0 bridgehead atoms. The number of carboxylic acids is 1. The van der Waals surface area contributed by atoms with E-state index in [2.05, 4.69) is 6.92 Å². The van der Waals surface area contributed by atoms with Crippen molar-refractivity contribution in [2.75, 3.05) is 0 Å². The lowest BCUT2D eigenvalue weighted by atomic mass is 9.69. The molecule has 0 heterocycles. The van der Waals surface area contributed by atoms with Crippen LogP contribution in [0.3, 0.4) is 0 Å². The van der Waals surface area contributed by atoms with E-state index >= 15 is 0 Å². The predicted molar refractivity (Wildman–Crippen MR) is 54.0 cm³/mol. The number of carboxylic acid groups (broad SMARTS) is 1. The van der Waals surface area contributed by atoms with Crippen LogP contribution in [0.5, 0.6) is 0 Å². The lowest BCUT2D eigenvalue weighted by Gasteiger charge is -2.41. The molecule has 3 heteroatoms. The number of aliphatic hydroxyl groups is 1. The van der Waals surface area contributed by atoms with Crippen LogP contribution >= 0.6 is 0 Å². The summed E-state index contributed by atoms with van der Waals surface area (Å²) in [6.45, 7) is 4.17. The molecule has 0 aromatic carbocycles. The summed E-state index contributed by atoms with van der Waals surface area (Å²) in [5.74, 6) is -0.0954. The maximum Gasteiger partial charge on any atom is 0.303 e. The van der Waals surface area contributed by atoms with Crippen molar-refractivity contribution in [2.45, 2.75) is 51.6 Å². The van der Waals surface area contributed by atoms with Gasteiger partial charge >= 0.3 is 5.97 Å². The molecule has 3 atom stereocenters. The van der Waals surface area contributed by atoms with Crippen LogP contribution in [0, 0.1) is 11.8 Å². The van der Waals surface area contributed by atoms with E-state index in [1.807, 2.05) is 6.92 Å². The number of carbonyl (C=O) groups is 1. The summed E-state index contributed by atoms with van der Waals surface area (Å²) in [7, 11) is 0. The van der Waals surface area contributed by atoms with Gasteiger partial charge in [-0.05, 0) is 24.7 Å². The van der Waals surface area contributed by atoms with Gasteiger partial charge in [-0.25, -0.2) is 0 Å². The Morgan fingerprint density at radius 1 is 1.50 bits per heavy atom. The lowest BCUT2D eigenvalue weighted by Crippen LogP contribution is -2.43. The Labute approximate surface area is 85.1 Å². The standard InChI is InChI=1S/C11H20O3/c1-8-4-3-6-11(14,9(8)2)7-5-10(12)13/h8-9,14H,3-7H2,1-2H3,(H,12,13). The molecule has 82 valence electrons. The fraction of sp³-hybridized carbons (Fsp3) is 0.909. The van der Waals surface area contributed by atoms with Crippen molar-refractivity contribution in [2.24, 2.45) is 11.8 Å². The summed E-state index contributed by atoms with van der Waals surface area (Å²) in [4.78, 5) is 10.5. The molecular weight excluding hydrogens is 180 g/mol. The van der Waals surface area contributed by atoms with E-state index < -0.39 is 11.6 Å². The van der Waals surface area contributed by atoms with Crippen LogP contribution in [0.1, 0.15) is 46.0 Å². The van der Waals surface area contributed by atoms with Crippen molar-refractivity contribution in [1.29, 1.82) is 0 Å². The number of hydrogen-bond acceptors (Lipinski definition) is 2. The van der Waals surface area contributed by atoms with E-state index in [0.29, 0.717) is 12.3 Å². The van der Waals surface area contributed by atoms with E-state index in [1.54, 1.807) is 0 Å². The highest BCUT2D eigenvalue weighted by atomic mass is 16.4. The minimum atomic E-state index is -0.816. The number of hydrogen-bond donors (Lipinski definition) is 2. The Kier molecular flexibility index (Phi) is 3.53. The average Bonchev–Trinajstić information content (AvgIpc) is 2.11. The molecule has 0 aliphatic heterocycles. The topological polar surface area (TPSA) is 57.5 Å². The van der Waals surface area contributed by atoms with E-state index in [-0.39, 0.29) is 12.3 Å². The molecule has 1 fully saturated rings. The second-order valence-corrected chi connectivity index (χ2v) is 4.66. The van der Waals surface area contributed by atoms with E-state index in [4.69, 9.17) is 5.11 Å². The van der Waals surface area contributed by atoms with Gasteiger partial charge in [0.05, 0.1) is 5.60 Å². The van der Waals surface area contributed by atoms with Crippen molar-refractivity contribution in [3.05, 3.63) is 0 Å². The van der Waals surface area contributed by atoms with Gasteiger partial charge in [-0.3, -0.25) is 4.79 Å². The fourth-order valence-electron chi connectivity index (χ4n) is 2.41. The molecule has 0 aromatic rings. The van der Waals surface area contributed by atoms with Gasteiger partial charge in [0.15, 0.2) is 0 Å². The van der Waals surface area contributed by atoms with E-state index in [0.717, 1.165) is 19.3 Å². The van der Waals surface area contributed by atoms with Crippen molar-refractivity contribution >= 4 is 5.97 Å². The highest BCUT2D eigenvalue weighted by Gasteiger charge is 2.39. The van der Waals surface area contributed by atoms with Gasteiger partial charge in [0.25, 0.3) is 0 Å². The first kappa shape index (κ1) is 11.5. The molecule has 1 aliphatic rings. The molecule has 1 rings (SSSR count). The van der Waals surface area contributed by atoms with E-state index in [1.165, 1.54) is 0 Å². The minimum Gasteiger partial charge on any atom is -0.481 e. The first-order valence-corrected chi connectivity index (χ1v) is 5.40. The van der Waals surface area contributed by atoms with Crippen LogP contribution in [-0.4, -0.2) is 21.8 Å². The van der Waals surface area contributed by atoms with Crippen molar-refractivity contribution < 1.29 is 15.0 Å². The first-order chi connectivity index (χ1) is 6.46. The van der Waals surface area contributed by atoms with Crippen LogP contribution in [-0.2, 0) is 4.79 Å². The third kappa shape index (κ3) is 2.47. The summed E-state index contributed by atoms with van der Waals surface area (Å²) >= 11 is 0. The summed E-state index contributed by atoms with van der Waals surface area (Å²) in [5, 5.41) is 18.9. The van der Waals surface area contributed by atoms with Gasteiger partial charge in [0, 0.05) is 6.42 Å². The van der Waals surface area contributed by atoms with Gasteiger partial charge in [-0.1, -0.05) is 26.7 Å². The Hall–Kier alpha value is -0.570. The summed E-state index contributed by atoms with van der Waals surface area (Å²) in [6.07, 6.45) is 3.39. The quantitative estimate of drug-likeness (QED) is 0.733. The summed E-state index contributed by atoms with van der Waals surface area (Å²) < 4.78 is 0. The third-order valence-electron chi connectivity index (χ3n) is 3.74. The molecule has 0 saturated heterocycles. The van der Waals surface area contributed by atoms with Crippen LogP contribution in [0.15, 0.2) is 0 Å². The maximum atomic E-state index is 10.5. The van der Waals surface area contributed by atoms with E-state index in [9.17, 15) is 9.90 Å². The normalized spacial score (nSPS) is 38.2. The maximum absolute atomic E-state index is 10.5. The zero-order chi connectivity index (χ0) is 10.8. The second kappa shape index (κ2) is 4.30. The molecule has 3 unspecified atom stereocenters. The van der Waals surface area contributed by atoms with Gasteiger partial charge in [0.2, 0.25) is 0 Å². The van der Waals surface area contributed by atoms with Crippen LogP contribution in [0.2, 0.25) is 0 Å². The molecule has 1 aliphatic carbocycles.